The number of pyridine rings is 1. The second-order valence-corrected chi connectivity index (χ2v) is 4.78. The second-order valence-electron chi connectivity index (χ2n) is 4.78. The van der Waals surface area contributed by atoms with Crippen molar-refractivity contribution in [2.75, 3.05) is 13.6 Å². The molecule has 0 saturated carbocycles. The molecule has 4 heteroatoms. The standard InChI is InChI=1S/C16H17N3O/c1-18(9-10-19-8-3-2-7-16(19)20)13-15-6-4-5-14(11-15)12-17/h2-8,11H,9-10,13H2,1H3. The fraction of sp³-hybridized carbons (Fsp3) is 0.250. The van der Waals surface area contributed by atoms with Gasteiger partial charge in [0, 0.05) is 31.9 Å². The van der Waals surface area contributed by atoms with Crippen molar-refractivity contribution in [2.45, 2.75) is 13.1 Å². The molecule has 0 N–H and O–H groups in total. The van der Waals surface area contributed by atoms with E-state index >= 15 is 0 Å². The maximum atomic E-state index is 11.6. The minimum atomic E-state index is 0.0207. The lowest BCUT2D eigenvalue weighted by atomic mass is 10.1. The van der Waals surface area contributed by atoms with E-state index in [4.69, 9.17) is 5.26 Å². The molecule has 0 unspecified atom stereocenters. The first kappa shape index (κ1) is 14.0. The summed E-state index contributed by atoms with van der Waals surface area (Å²) in [5, 5.41) is 8.88. The van der Waals surface area contributed by atoms with Gasteiger partial charge in [0.1, 0.15) is 0 Å². The van der Waals surface area contributed by atoms with Crippen molar-refractivity contribution >= 4 is 0 Å². The molecule has 0 aliphatic carbocycles. The maximum absolute atomic E-state index is 11.6. The molecule has 1 aromatic carbocycles. The Morgan fingerprint density at radius 2 is 2.10 bits per heavy atom. The van der Waals surface area contributed by atoms with E-state index in [9.17, 15) is 4.79 Å². The number of hydrogen-bond acceptors (Lipinski definition) is 3. The third kappa shape index (κ3) is 3.81. The van der Waals surface area contributed by atoms with Crippen molar-refractivity contribution in [2.24, 2.45) is 0 Å². The van der Waals surface area contributed by atoms with Gasteiger partial charge in [-0.25, -0.2) is 0 Å². The van der Waals surface area contributed by atoms with Crippen molar-refractivity contribution in [3.05, 3.63) is 70.1 Å². The lowest BCUT2D eigenvalue weighted by molar-refractivity contribution is 0.310. The first-order valence-electron chi connectivity index (χ1n) is 6.52. The van der Waals surface area contributed by atoms with Gasteiger partial charge in [0.2, 0.25) is 0 Å². The van der Waals surface area contributed by atoms with Crippen LogP contribution in [0.15, 0.2) is 53.5 Å². The molecule has 0 aliphatic rings. The van der Waals surface area contributed by atoms with Crippen molar-refractivity contribution in [1.82, 2.24) is 9.47 Å². The Bertz CT molecular complexity index is 670. The molecule has 1 heterocycles. The van der Waals surface area contributed by atoms with Crippen LogP contribution in [0, 0.1) is 11.3 Å². The molecule has 0 aliphatic heterocycles. The fourth-order valence-corrected chi connectivity index (χ4v) is 2.05. The predicted octanol–water partition coefficient (Wildman–Crippen LogP) is 1.85. The third-order valence-electron chi connectivity index (χ3n) is 3.13. The topological polar surface area (TPSA) is 49.0 Å². The zero-order chi connectivity index (χ0) is 14.4. The zero-order valence-corrected chi connectivity index (χ0v) is 11.5. The number of nitriles is 1. The van der Waals surface area contributed by atoms with Crippen LogP contribution in [-0.4, -0.2) is 23.1 Å². The first-order chi connectivity index (χ1) is 9.69. The Balaban J connectivity index is 1.93. The summed E-state index contributed by atoms with van der Waals surface area (Å²) >= 11 is 0. The highest BCUT2D eigenvalue weighted by molar-refractivity contribution is 5.32. The number of aromatic nitrogens is 1. The van der Waals surface area contributed by atoms with E-state index in [1.807, 2.05) is 31.3 Å². The van der Waals surface area contributed by atoms with Gasteiger partial charge in [-0.2, -0.15) is 5.26 Å². The van der Waals surface area contributed by atoms with E-state index in [0.717, 1.165) is 18.7 Å². The van der Waals surface area contributed by atoms with E-state index in [1.165, 1.54) is 0 Å². The van der Waals surface area contributed by atoms with Gasteiger partial charge in [-0.1, -0.05) is 18.2 Å². The van der Waals surface area contributed by atoms with Crippen LogP contribution in [0.4, 0.5) is 0 Å². The average Bonchev–Trinajstić information content (AvgIpc) is 2.46. The monoisotopic (exact) mass is 267 g/mol. The summed E-state index contributed by atoms with van der Waals surface area (Å²) in [5.74, 6) is 0. The summed E-state index contributed by atoms with van der Waals surface area (Å²) in [6.45, 7) is 2.20. The molecule has 1 aromatic heterocycles. The van der Waals surface area contributed by atoms with Crippen LogP contribution in [0.5, 0.6) is 0 Å². The molecule has 0 saturated heterocycles. The normalized spacial score (nSPS) is 10.4. The molecular weight excluding hydrogens is 250 g/mol. The van der Waals surface area contributed by atoms with Crippen LogP contribution in [0.2, 0.25) is 0 Å². The number of hydrogen-bond donors (Lipinski definition) is 0. The summed E-state index contributed by atoms with van der Waals surface area (Å²) in [6, 6.07) is 14.9. The largest absolute Gasteiger partial charge is 0.314 e. The molecule has 2 aromatic rings. The second kappa shape index (κ2) is 6.69. The Morgan fingerprint density at radius 1 is 1.25 bits per heavy atom. The maximum Gasteiger partial charge on any atom is 0.250 e. The van der Waals surface area contributed by atoms with Crippen molar-refractivity contribution < 1.29 is 0 Å². The summed E-state index contributed by atoms with van der Waals surface area (Å²) in [6.07, 6.45) is 1.80. The fourth-order valence-electron chi connectivity index (χ4n) is 2.05. The predicted molar refractivity (Wildman–Crippen MR) is 78.2 cm³/mol. The van der Waals surface area contributed by atoms with Gasteiger partial charge >= 0.3 is 0 Å². The highest BCUT2D eigenvalue weighted by atomic mass is 16.1. The van der Waals surface area contributed by atoms with Gasteiger partial charge in [-0.3, -0.25) is 4.79 Å². The molecular formula is C16H17N3O. The molecule has 20 heavy (non-hydrogen) atoms. The van der Waals surface area contributed by atoms with E-state index in [0.29, 0.717) is 12.1 Å². The van der Waals surface area contributed by atoms with Gasteiger partial charge in [0.05, 0.1) is 11.6 Å². The smallest absolute Gasteiger partial charge is 0.250 e. The van der Waals surface area contributed by atoms with E-state index in [2.05, 4.69) is 11.0 Å². The van der Waals surface area contributed by atoms with Crippen LogP contribution in [-0.2, 0) is 13.1 Å². The molecule has 0 amide bonds. The molecule has 0 atom stereocenters. The number of likely N-dealkylation sites (N-methyl/N-ethyl adjacent to an activating group) is 1. The van der Waals surface area contributed by atoms with Crippen LogP contribution >= 0.6 is 0 Å². The number of nitrogens with zero attached hydrogens (tertiary/aromatic N) is 3. The SMILES string of the molecule is CN(CCn1ccccc1=O)Cc1cccc(C#N)c1. The van der Waals surface area contributed by atoms with Crippen LogP contribution in [0.25, 0.3) is 0 Å². The van der Waals surface area contributed by atoms with E-state index in [-0.39, 0.29) is 5.56 Å². The molecule has 2 rings (SSSR count). The van der Waals surface area contributed by atoms with Gasteiger partial charge in [0.15, 0.2) is 0 Å². The average molecular weight is 267 g/mol. The molecule has 0 fully saturated rings. The van der Waals surface area contributed by atoms with Gasteiger partial charge in [0.25, 0.3) is 5.56 Å². The molecule has 0 spiro atoms. The number of rotatable bonds is 5. The van der Waals surface area contributed by atoms with Gasteiger partial charge in [-0.15, -0.1) is 0 Å². The Kier molecular flexibility index (Phi) is 4.70. The van der Waals surface area contributed by atoms with Gasteiger partial charge in [-0.05, 0) is 30.8 Å². The molecule has 4 nitrogen and oxygen atoms in total. The third-order valence-corrected chi connectivity index (χ3v) is 3.13. The number of benzene rings is 1. The Hall–Kier alpha value is -2.38. The zero-order valence-electron chi connectivity index (χ0n) is 11.5. The lowest BCUT2D eigenvalue weighted by Crippen LogP contribution is -2.27. The summed E-state index contributed by atoms with van der Waals surface area (Å²) in [7, 11) is 2.01. The first-order valence-corrected chi connectivity index (χ1v) is 6.52. The van der Waals surface area contributed by atoms with Crippen molar-refractivity contribution in [3.8, 4) is 6.07 Å². The van der Waals surface area contributed by atoms with E-state index in [1.54, 1.807) is 29.0 Å². The quantitative estimate of drug-likeness (QED) is 0.830. The summed E-state index contributed by atoms with van der Waals surface area (Å²) < 4.78 is 1.70. The highest BCUT2D eigenvalue weighted by Gasteiger charge is 2.02. The van der Waals surface area contributed by atoms with Gasteiger partial charge < -0.3 is 9.47 Å². The van der Waals surface area contributed by atoms with Crippen LogP contribution in [0.1, 0.15) is 11.1 Å². The van der Waals surface area contributed by atoms with Crippen molar-refractivity contribution in [1.29, 1.82) is 5.26 Å². The lowest BCUT2D eigenvalue weighted by Gasteiger charge is -2.17. The minimum absolute atomic E-state index is 0.0207. The summed E-state index contributed by atoms with van der Waals surface area (Å²) in [5.41, 5.74) is 1.80. The Labute approximate surface area is 118 Å². The molecule has 102 valence electrons. The minimum Gasteiger partial charge on any atom is -0.314 e. The van der Waals surface area contributed by atoms with E-state index < -0.39 is 0 Å². The molecule has 0 radical (unpaired) electrons. The van der Waals surface area contributed by atoms with Crippen LogP contribution in [0.3, 0.4) is 0 Å². The summed E-state index contributed by atoms with van der Waals surface area (Å²) in [4.78, 5) is 13.7. The molecule has 0 bridgehead atoms. The Morgan fingerprint density at radius 3 is 2.85 bits per heavy atom. The van der Waals surface area contributed by atoms with Crippen molar-refractivity contribution in [3.63, 3.8) is 0 Å². The van der Waals surface area contributed by atoms with Crippen LogP contribution < -0.4 is 5.56 Å². The highest BCUT2D eigenvalue weighted by Crippen LogP contribution is 2.06.